The van der Waals surface area contributed by atoms with Gasteiger partial charge in [0.1, 0.15) is 0 Å². The van der Waals surface area contributed by atoms with Crippen LogP contribution in [0.2, 0.25) is 0 Å². The number of benzene rings is 1. The molecule has 104 valence electrons. The Bertz CT molecular complexity index is 419. The van der Waals surface area contributed by atoms with Crippen LogP contribution in [-0.4, -0.2) is 42.2 Å². The van der Waals surface area contributed by atoms with Gasteiger partial charge in [-0.2, -0.15) is 11.8 Å². The highest BCUT2D eigenvalue weighted by atomic mass is 32.2. The second-order valence-corrected chi connectivity index (χ2v) is 6.16. The number of thioether (sulfide) groups is 1. The van der Waals surface area contributed by atoms with Crippen molar-refractivity contribution in [1.29, 1.82) is 0 Å². The summed E-state index contributed by atoms with van der Waals surface area (Å²) in [6.45, 7) is 6.83. The molecule has 19 heavy (non-hydrogen) atoms. The summed E-state index contributed by atoms with van der Waals surface area (Å²) in [4.78, 5) is 14.4. The first kappa shape index (κ1) is 14.4. The fourth-order valence-electron chi connectivity index (χ4n) is 2.27. The van der Waals surface area contributed by atoms with Crippen molar-refractivity contribution in [1.82, 2.24) is 10.2 Å². The summed E-state index contributed by atoms with van der Waals surface area (Å²) in [7, 11) is 0. The minimum absolute atomic E-state index is 0.156. The maximum atomic E-state index is 12.4. The summed E-state index contributed by atoms with van der Waals surface area (Å²) in [5.41, 5.74) is 2.09. The van der Waals surface area contributed by atoms with Crippen LogP contribution >= 0.6 is 11.8 Å². The van der Waals surface area contributed by atoms with Crippen LogP contribution in [-0.2, 0) is 5.75 Å². The van der Waals surface area contributed by atoms with Crippen molar-refractivity contribution in [3.8, 4) is 0 Å². The predicted octanol–water partition coefficient (Wildman–Crippen LogP) is 2.37. The molecule has 0 radical (unpaired) electrons. The molecule has 1 N–H and O–H groups in total. The number of hydrogen-bond donors (Lipinski definition) is 1. The van der Waals surface area contributed by atoms with Gasteiger partial charge in [-0.15, -0.1) is 0 Å². The summed E-state index contributed by atoms with van der Waals surface area (Å²) >= 11 is 1.90. The van der Waals surface area contributed by atoms with E-state index in [1.165, 1.54) is 5.56 Å². The van der Waals surface area contributed by atoms with Crippen molar-refractivity contribution in [2.75, 3.05) is 25.4 Å². The SMILES string of the molecule is CCSCc1ccc(C(=O)N2CCNCC2C)cc1. The predicted molar refractivity (Wildman–Crippen MR) is 81.6 cm³/mol. The van der Waals surface area contributed by atoms with Crippen LogP contribution < -0.4 is 5.32 Å². The quantitative estimate of drug-likeness (QED) is 0.918. The van der Waals surface area contributed by atoms with Crippen LogP contribution in [0.3, 0.4) is 0 Å². The molecule has 3 nitrogen and oxygen atoms in total. The van der Waals surface area contributed by atoms with Crippen LogP contribution in [0.1, 0.15) is 29.8 Å². The molecule has 1 aromatic rings. The Morgan fingerprint density at radius 3 is 2.79 bits per heavy atom. The molecule has 1 aliphatic rings. The van der Waals surface area contributed by atoms with Gasteiger partial charge in [0.05, 0.1) is 0 Å². The molecule has 1 fully saturated rings. The third-order valence-corrected chi connectivity index (χ3v) is 4.38. The van der Waals surface area contributed by atoms with Gasteiger partial charge in [0.25, 0.3) is 5.91 Å². The van der Waals surface area contributed by atoms with Crippen LogP contribution in [0, 0.1) is 0 Å². The van der Waals surface area contributed by atoms with Gasteiger partial charge >= 0.3 is 0 Å². The van der Waals surface area contributed by atoms with E-state index in [0.29, 0.717) is 0 Å². The second kappa shape index (κ2) is 6.96. The number of carbonyl (C=O) groups is 1. The summed E-state index contributed by atoms with van der Waals surface area (Å²) < 4.78 is 0. The molecule has 0 spiro atoms. The molecule has 1 aromatic carbocycles. The third kappa shape index (κ3) is 3.74. The number of nitrogens with one attached hydrogen (secondary N) is 1. The largest absolute Gasteiger partial charge is 0.333 e. The van der Waals surface area contributed by atoms with Gasteiger partial charge in [-0.05, 0) is 30.4 Å². The molecule has 0 aliphatic carbocycles. The number of hydrogen-bond acceptors (Lipinski definition) is 3. The van der Waals surface area contributed by atoms with Gasteiger partial charge in [-0.1, -0.05) is 19.1 Å². The normalized spacial score (nSPS) is 19.5. The lowest BCUT2D eigenvalue weighted by Crippen LogP contribution is -2.52. The van der Waals surface area contributed by atoms with Crippen molar-refractivity contribution < 1.29 is 4.79 Å². The number of rotatable bonds is 4. The first-order chi connectivity index (χ1) is 9.22. The number of carbonyl (C=O) groups excluding carboxylic acids is 1. The number of nitrogens with zero attached hydrogens (tertiary/aromatic N) is 1. The number of amides is 1. The Morgan fingerprint density at radius 1 is 1.42 bits per heavy atom. The summed E-state index contributed by atoms with van der Waals surface area (Å²) in [5, 5.41) is 3.31. The van der Waals surface area contributed by atoms with Crippen LogP contribution in [0.25, 0.3) is 0 Å². The fourth-order valence-corrected chi connectivity index (χ4v) is 2.90. The maximum Gasteiger partial charge on any atom is 0.254 e. The highest BCUT2D eigenvalue weighted by Crippen LogP contribution is 2.15. The zero-order valence-corrected chi connectivity index (χ0v) is 12.5. The zero-order valence-electron chi connectivity index (χ0n) is 11.7. The van der Waals surface area contributed by atoms with Crippen LogP contribution in [0.15, 0.2) is 24.3 Å². The van der Waals surface area contributed by atoms with E-state index in [9.17, 15) is 4.79 Å². The topological polar surface area (TPSA) is 32.3 Å². The standard InChI is InChI=1S/C15H22N2OS/c1-3-19-11-13-4-6-14(7-5-13)15(18)17-9-8-16-10-12(17)2/h4-7,12,16H,3,8-11H2,1-2H3. The van der Waals surface area contributed by atoms with Gasteiger partial charge in [0.15, 0.2) is 0 Å². The van der Waals surface area contributed by atoms with Crippen molar-refractivity contribution >= 4 is 17.7 Å². The Balaban J connectivity index is 2.02. The van der Waals surface area contributed by atoms with Crippen LogP contribution in [0.4, 0.5) is 0 Å². The second-order valence-electron chi connectivity index (χ2n) is 4.89. The van der Waals surface area contributed by atoms with Gasteiger partial charge in [0, 0.05) is 37.0 Å². The van der Waals surface area contributed by atoms with Gasteiger partial charge in [-0.25, -0.2) is 0 Å². The van der Waals surface area contributed by atoms with Gasteiger partial charge < -0.3 is 10.2 Å². The smallest absolute Gasteiger partial charge is 0.254 e. The van der Waals surface area contributed by atoms with E-state index in [1.54, 1.807) is 0 Å². The molecular weight excluding hydrogens is 256 g/mol. The van der Waals surface area contributed by atoms with E-state index in [0.717, 1.165) is 36.7 Å². The monoisotopic (exact) mass is 278 g/mol. The molecule has 0 aromatic heterocycles. The van der Waals surface area contributed by atoms with Gasteiger partial charge in [-0.3, -0.25) is 4.79 Å². The molecule has 1 amide bonds. The minimum atomic E-state index is 0.156. The van der Waals surface area contributed by atoms with E-state index < -0.39 is 0 Å². The van der Waals surface area contributed by atoms with E-state index >= 15 is 0 Å². The van der Waals surface area contributed by atoms with Crippen LogP contribution in [0.5, 0.6) is 0 Å². The molecule has 0 bridgehead atoms. The van der Waals surface area contributed by atoms with Crippen molar-refractivity contribution in [2.24, 2.45) is 0 Å². The molecular formula is C15H22N2OS. The lowest BCUT2D eigenvalue weighted by atomic mass is 10.1. The molecule has 1 atom stereocenters. The van der Waals surface area contributed by atoms with E-state index in [2.05, 4.69) is 31.3 Å². The average Bonchev–Trinajstić information content (AvgIpc) is 2.45. The zero-order chi connectivity index (χ0) is 13.7. The summed E-state index contributed by atoms with van der Waals surface area (Å²) in [5.74, 6) is 2.30. The molecule has 1 heterocycles. The molecule has 4 heteroatoms. The number of piperazine rings is 1. The van der Waals surface area contributed by atoms with Crippen molar-refractivity contribution in [3.63, 3.8) is 0 Å². The lowest BCUT2D eigenvalue weighted by Gasteiger charge is -2.34. The minimum Gasteiger partial charge on any atom is -0.333 e. The lowest BCUT2D eigenvalue weighted by molar-refractivity contribution is 0.0656. The van der Waals surface area contributed by atoms with Crippen molar-refractivity contribution in [2.45, 2.75) is 25.6 Å². The fraction of sp³-hybridized carbons (Fsp3) is 0.533. The van der Waals surface area contributed by atoms with Crippen molar-refractivity contribution in [3.05, 3.63) is 35.4 Å². The van der Waals surface area contributed by atoms with E-state index in [-0.39, 0.29) is 11.9 Å². The Hall–Kier alpha value is -1.00. The molecule has 1 aliphatic heterocycles. The van der Waals surface area contributed by atoms with Gasteiger partial charge in [0.2, 0.25) is 0 Å². The molecule has 0 saturated carbocycles. The Morgan fingerprint density at radius 2 is 2.16 bits per heavy atom. The first-order valence-corrected chi connectivity index (χ1v) is 8.06. The first-order valence-electron chi connectivity index (χ1n) is 6.90. The highest BCUT2D eigenvalue weighted by molar-refractivity contribution is 7.98. The van der Waals surface area contributed by atoms with E-state index in [4.69, 9.17) is 0 Å². The maximum absolute atomic E-state index is 12.4. The molecule has 1 unspecified atom stereocenters. The summed E-state index contributed by atoms with van der Waals surface area (Å²) in [6.07, 6.45) is 0. The Kier molecular flexibility index (Phi) is 5.28. The highest BCUT2D eigenvalue weighted by Gasteiger charge is 2.23. The molecule has 1 saturated heterocycles. The third-order valence-electron chi connectivity index (χ3n) is 3.44. The average molecular weight is 278 g/mol. The summed E-state index contributed by atoms with van der Waals surface area (Å²) in [6, 6.07) is 8.34. The molecule has 2 rings (SSSR count). The van der Waals surface area contributed by atoms with E-state index in [1.807, 2.05) is 28.8 Å². The Labute approximate surface area is 119 Å².